The zero-order valence-electron chi connectivity index (χ0n) is 11.1. The molecule has 20 heavy (non-hydrogen) atoms. The molecule has 2 aromatic carbocycles. The Labute approximate surface area is 126 Å². The van der Waals surface area contributed by atoms with Crippen LogP contribution in [0.15, 0.2) is 59.1 Å². The second-order valence-electron chi connectivity index (χ2n) is 4.46. The lowest BCUT2D eigenvalue weighted by molar-refractivity contribution is 0.572. The van der Waals surface area contributed by atoms with Gasteiger partial charge in [-0.1, -0.05) is 58.4 Å². The molecule has 1 aromatic heterocycles. The molecule has 3 nitrogen and oxygen atoms in total. The van der Waals surface area contributed by atoms with Crippen LogP contribution in [-0.4, -0.2) is 15.0 Å². The zero-order valence-corrected chi connectivity index (χ0v) is 12.7. The molecule has 3 rings (SSSR count). The van der Waals surface area contributed by atoms with Crippen LogP contribution in [0.1, 0.15) is 6.92 Å². The maximum atomic E-state index is 4.60. The monoisotopic (exact) mass is 327 g/mol. The average Bonchev–Trinajstić information content (AvgIpc) is 2.93. The number of hydrogen-bond donors (Lipinski definition) is 0. The SMILES string of the molecule is CCn1nc(-c2ccccc2)c(-c2ccc(Br)cc2)n1. The van der Waals surface area contributed by atoms with E-state index in [2.05, 4.69) is 50.4 Å². The zero-order chi connectivity index (χ0) is 13.9. The van der Waals surface area contributed by atoms with E-state index < -0.39 is 0 Å². The third-order valence-electron chi connectivity index (χ3n) is 3.10. The molecule has 0 aliphatic carbocycles. The second-order valence-corrected chi connectivity index (χ2v) is 5.37. The van der Waals surface area contributed by atoms with E-state index in [-0.39, 0.29) is 0 Å². The minimum Gasteiger partial charge on any atom is -0.184 e. The van der Waals surface area contributed by atoms with E-state index in [0.717, 1.165) is 33.5 Å². The maximum absolute atomic E-state index is 4.60. The fourth-order valence-electron chi connectivity index (χ4n) is 2.08. The van der Waals surface area contributed by atoms with Crippen LogP contribution < -0.4 is 0 Å². The van der Waals surface area contributed by atoms with Gasteiger partial charge in [0.25, 0.3) is 0 Å². The van der Waals surface area contributed by atoms with Crippen LogP contribution in [0.2, 0.25) is 0 Å². The Morgan fingerprint density at radius 3 is 1.95 bits per heavy atom. The normalized spacial score (nSPS) is 10.7. The van der Waals surface area contributed by atoms with Crippen molar-refractivity contribution in [3.05, 3.63) is 59.1 Å². The minimum absolute atomic E-state index is 0.760. The molecule has 0 saturated heterocycles. The van der Waals surface area contributed by atoms with Gasteiger partial charge in [-0.15, -0.1) is 0 Å². The molecule has 4 heteroatoms. The maximum Gasteiger partial charge on any atom is 0.121 e. The van der Waals surface area contributed by atoms with Crippen LogP contribution in [0.25, 0.3) is 22.5 Å². The Hall–Kier alpha value is -1.94. The van der Waals surface area contributed by atoms with Crippen molar-refractivity contribution in [3.8, 4) is 22.5 Å². The standard InChI is InChI=1S/C16H14BrN3/c1-2-20-18-15(12-6-4-3-5-7-12)16(19-20)13-8-10-14(17)11-9-13/h3-11H,2H2,1H3. The summed E-state index contributed by atoms with van der Waals surface area (Å²) < 4.78 is 1.06. The van der Waals surface area contributed by atoms with Gasteiger partial charge in [0.2, 0.25) is 0 Å². The predicted octanol–water partition coefficient (Wildman–Crippen LogP) is 4.39. The topological polar surface area (TPSA) is 30.7 Å². The van der Waals surface area contributed by atoms with E-state index >= 15 is 0 Å². The van der Waals surface area contributed by atoms with E-state index in [9.17, 15) is 0 Å². The fourth-order valence-corrected chi connectivity index (χ4v) is 2.35. The molecular weight excluding hydrogens is 314 g/mol. The number of rotatable bonds is 3. The van der Waals surface area contributed by atoms with Crippen LogP contribution in [0, 0.1) is 0 Å². The smallest absolute Gasteiger partial charge is 0.121 e. The third kappa shape index (κ3) is 2.51. The first-order valence-electron chi connectivity index (χ1n) is 6.54. The summed E-state index contributed by atoms with van der Waals surface area (Å²) in [5.74, 6) is 0. The highest BCUT2D eigenvalue weighted by atomic mass is 79.9. The van der Waals surface area contributed by atoms with Gasteiger partial charge in [-0.3, -0.25) is 0 Å². The van der Waals surface area contributed by atoms with Crippen LogP contribution in [-0.2, 0) is 6.54 Å². The van der Waals surface area contributed by atoms with Crippen molar-refractivity contribution in [2.45, 2.75) is 13.5 Å². The molecular formula is C16H14BrN3. The van der Waals surface area contributed by atoms with E-state index in [1.54, 1.807) is 4.80 Å². The van der Waals surface area contributed by atoms with Gasteiger partial charge in [0, 0.05) is 15.6 Å². The Bertz CT molecular complexity index is 702. The lowest BCUT2D eigenvalue weighted by Gasteiger charge is -2.01. The summed E-state index contributed by atoms with van der Waals surface area (Å²) in [5, 5.41) is 9.19. The highest BCUT2D eigenvalue weighted by Gasteiger charge is 2.14. The molecule has 0 aliphatic rings. The molecule has 100 valence electrons. The minimum atomic E-state index is 0.760. The number of aromatic nitrogens is 3. The van der Waals surface area contributed by atoms with Gasteiger partial charge in [0.1, 0.15) is 11.4 Å². The van der Waals surface area contributed by atoms with Crippen molar-refractivity contribution in [1.29, 1.82) is 0 Å². The van der Waals surface area contributed by atoms with Crippen molar-refractivity contribution in [2.24, 2.45) is 0 Å². The van der Waals surface area contributed by atoms with Gasteiger partial charge in [0.05, 0.1) is 6.54 Å². The first-order valence-corrected chi connectivity index (χ1v) is 7.33. The molecule has 0 saturated carbocycles. The summed E-state index contributed by atoms with van der Waals surface area (Å²) in [6.07, 6.45) is 0. The van der Waals surface area contributed by atoms with Gasteiger partial charge >= 0.3 is 0 Å². The average molecular weight is 328 g/mol. The van der Waals surface area contributed by atoms with Crippen molar-refractivity contribution < 1.29 is 0 Å². The molecule has 0 amide bonds. The van der Waals surface area contributed by atoms with E-state index in [0.29, 0.717) is 0 Å². The summed E-state index contributed by atoms with van der Waals surface area (Å²) in [5.41, 5.74) is 4.01. The van der Waals surface area contributed by atoms with Crippen molar-refractivity contribution in [3.63, 3.8) is 0 Å². The molecule has 0 bridgehead atoms. The Balaban J connectivity index is 2.15. The quantitative estimate of drug-likeness (QED) is 0.714. The first-order chi connectivity index (χ1) is 9.78. The van der Waals surface area contributed by atoms with Gasteiger partial charge in [-0.05, 0) is 19.1 Å². The molecule has 0 N–H and O–H groups in total. The predicted molar refractivity (Wildman–Crippen MR) is 84.3 cm³/mol. The van der Waals surface area contributed by atoms with Gasteiger partial charge in [0.15, 0.2) is 0 Å². The van der Waals surface area contributed by atoms with Gasteiger partial charge < -0.3 is 0 Å². The highest BCUT2D eigenvalue weighted by molar-refractivity contribution is 9.10. The lowest BCUT2D eigenvalue weighted by Crippen LogP contribution is -1.98. The second kappa shape index (κ2) is 5.59. The van der Waals surface area contributed by atoms with E-state index in [1.807, 2.05) is 37.3 Å². The number of halogens is 1. The van der Waals surface area contributed by atoms with Gasteiger partial charge in [-0.25, -0.2) is 0 Å². The molecule has 0 atom stereocenters. The molecule has 0 fully saturated rings. The van der Waals surface area contributed by atoms with Crippen molar-refractivity contribution in [2.75, 3.05) is 0 Å². The summed E-state index contributed by atoms with van der Waals surface area (Å²) in [6.45, 7) is 2.80. The first kappa shape index (κ1) is 13.1. The summed E-state index contributed by atoms with van der Waals surface area (Å²) in [7, 11) is 0. The highest BCUT2D eigenvalue weighted by Crippen LogP contribution is 2.29. The van der Waals surface area contributed by atoms with Crippen LogP contribution in [0.5, 0.6) is 0 Å². The summed E-state index contributed by atoms with van der Waals surface area (Å²) in [4.78, 5) is 1.74. The molecule has 1 heterocycles. The van der Waals surface area contributed by atoms with Crippen LogP contribution >= 0.6 is 15.9 Å². The number of benzene rings is 2. The molecule has 0 radical (unpaired) electrons. The number of hydrogen-bond acceptors (Lipinski definition) is 2. The Morgan fingerprint density at radius 2 is 1.40 bits per heavy atom. The van der Waals surface area contributed by atoms with Crippen LogP contribution in [0.3, 0.4) is 0 Å². The third-order valence-corrected chi connectivity index (χ3v) is 3.63. The summed E-state index contributed by atoms with van der Waals surface area (Å²) >= 11 is 3.46. The lowest BCUT2D eigenvalue weighted by atomic mass is 10.1. The molecule has 0 unspecified atom stereocenters. The Kier molecular flexibility index (Phi) is 3.65. The summed E-state index contributed by atoms with van der Waals surface area (Å²) in [6, 6.07) is 18.3. The van der Waals surface area contributed by atoms with Crippen LogP contribution in [0.4, 0.5) is 0 Å². The molecule has 0 spiro atoms. The Morgan fingerprint density at radius 1 is 0.850 bits per heavy atom. The van der Waals surface area contributed by atoms with Crippen molar-refractivity contribution in [1.82, 2.24) is 15.0 Å². The van der Waals surface area contributed by atoms with E-state index in [4.69, 9.17) is 0 Å². The molecule has 3 aromatic rings. The molecule has 0 aliphatic heterocycles. The van der Waals surface area contributed by atoms with Crippen molar-refractivity contribution >= 4 is 15.9 Å². The number of aryl methyl sites for hydroxylation is 1. The van der Waals surface area contributed by atoms with E-state index in [1.165, 1.54) is 0 Å². The fraction of sp³-hybridized carbons (Fsp3) is 0.125. The van der Waals surface area contributed by atoms with Gasteiger partial charge in [-0.2, -0.15) is 15.0 Å². The largest absolute Gasteiger partial charge is 0.184 e. The number of nitrogens with zero attached hydrogens (tertiary/aromatic N) is 3.